The van der Waals surface area contributed by atoms with E-state index in [-0.39, 0.29) is 11.9 Å². The van der Waals surface area contributed by atoms with E-state index in [0.717, 1.165) is 11.1 Å². The van der Waals surface area contributed by atoms with Crippen LogP contribution in [0.5, 0.6) is 0 Å². The van der Waals surface area contributed by atoms with E-state index < -0.39 is 0 Å². The van der Waals surface area contributed by atoms with Crippen molar-refractivity contribution >= 4 is 11.6 Å². The van der Waals surface area contributed by atoms with Crippen LogP contribution >= 0.6 is 0 Å². The van der Waals surface area contributed by atoms with Gasteiger partial charge in [-0.2, -0.15) is 0 Å². The van der Waals surface area contributed by atoms with Crippen molar-refractivity contribution in [3.8, 4) is 11.1 Å². The summed E-state index contributed by atoms with van der Waals surface area (Å²) in [5.41, 5.74) is 5.48. The molecule has 1 fully saturated rings. The van der Waals surface area contributed by atoms with Gasteiger partial charge in [0.15, 0.2) is 0 Å². The zero-order chi connectivity index (χ0) is 21.6. The van der Waals surface area contributed by atoms with E-state index in [1.165, 1.54) is 37.2 Å². The second kappa shape index (κ2) is 9.80. The van der Waals surface area contributed by atoms with E-state index in [1.807, 2.05) is 42.5 Å². The van der Waals surface area contributed by atoms with Gasteiger partial charge in [0, 0.05) is 43.8 Å². The van der Waals surface area contributed by atoms with Crippen LogP contribution in [0.3, 0.4) is 0 Å². The number of hydrogen-bond acceptors (Lipinski definition) is 2. The number of likely N-dealkylation sites (tertiary alicyclic amines) is 1. The van der Waals surface area contributed by atoms with Crippen LogP contribution in [0.2, 0.25) is 0 Å². The van der Waals surface area contributed by atoms with Crippen LogP contribution in [-0.4, -0.2) is 39.6 Å². The highest BCUT2D eigenvalue weighted by atomic mass is 16.1. The lowest BCUT2D eigenvalue weighted by Gasteiger charge is -2.26. The number of carbonyl (C=O) groups excluding carboxylic acids is 1. The topological polar surface area (TPSA) is 36.8 Å². The molecule has 1 saturated heterocycles. The Bertz CT molecular complexity index is 975. The van der Waals surface area contributed by atoms with Gasteiger partial charge >= 0.3 is 0 Å². The summed E-state index contributed by atoms with van der Waals surface area (Å²) in [4.78, 5) is 16.5. The highest BCUT2D eigenvalue weighted by molar-refractivity contribution is 5.94. The maximum absolute atomic E-state index is 12.9. The molecule has 160 valence electrons. The van der Waals surface area contributed by atoms with Crippen molar-refractivity contribution in [2.24, 2.45) is 0 Å². The summed E-state index contributed by atoms with van der Waals surface area (Å²) < 4.78 is 0. The number of benzene rings is 3. The lowest BCUT2D eigenvalue weighted by Crippen LogP contribution is -3.11. The minimum Gasteiger partial charge on any atom is -0.378 e. The van der Waals surface area contributed by atoms with Gasteiger partial charge in [0.05, 0.1) is 19.6 Å². The summed E-state index contributed by atoms with van der Waals surface area (Å²) in [5.74, 6) is -0.00637. The summed E-state index contributed by atoms with van der Waals surface area (Å²) in [6.07, 6.45) is 2.52. The van der Waals surface area contributed by atoms with Gasteiger partial charge in [0.1, 0.15) is 6.04 Å². The second-order valence-electron chi connectivity index (χ2n) is 8.56. The second-order valence-corrected chi connectivity index (χ2v) is 8.56. The van der Waals surface area contributed by atoms with Crippen molar-refractivity contribution in [1.29, 1.82) is 0 Å². The molecule has 0 aliphatic carbocycles. The van der Waals surface area contributed by atoms with Crippen molar-refractivity contribution in [3.63, 3.8) is 0 Å². The Morgan fingerprint density at radius 2 is 1.48 bits per heavy atom. The van der Waals surface area contributed by atoms with Gasteiger partial charge in [0.2, 0.25) is 0 Å². The maximum atomic E-state index is 12.9. The van der Waals surface area contributed by atoms with Gasteiger partial charge in [-0.15, -0.1) is 0 Å². The molecule has 4 heteroatoms. The maximum Gasteiger partial charge on any atom is 0.251 e. The standard InChI is InChI=1S/C27H31N3O/c1-29(2)25-16-14-23(15-17-25)26(30-18-6-7-19-30)20-28-27(31)24-12-10-22(11-13-24)21-8-4-3-5-9-21/h3-5,8-17,26H,6-7,18-20H2,1-2H3,(H,28,31)/p+1/t26-/m1/s1. The highest BCUT2D eigenvalue weighted by Crippen LogP contribution is 2.20. The fourth-order valence-electron chi connectivity index (χ4n) is 4.42. The Kier molecular flexibility index (Phi) is 6.68. The Morgan fingerprint density at radius 3 is 2.10 bits per heavy atom. The SMILES string of the molecule is CN(C)c1ccc([C@@H](CNC(=O)c2ccc(-c3ccccc3)cc2)[NH+]2CCCC2)cc1. The van der Waals surface area contributed by atoms with Crippen molar-refractivity contribution in [2.45, 2.75) is 18.9 Å². The first kappa shape index (κ1) is 21.1. The third-order valence-corrected chi connectivity index (χ3v) is 6.27. The molecule has 1 aliphatic rings. The molecular formula is C27H32N3O+. The van der Waals surface area contributed by atoms with Crippen LogP contribution < -0.4 is 15.1 Å². The molecule has 0 radical (unpaired) electrons. The zero-order valence-corrected chi connectivity index (χ0v) is 18.5. The first-order valence-corrected chi connectivity index (χ1v) is 11.2. The molecule has 3 aromatic carbocycles. The summed E-state index contributed by atoms with van der Waals surface area (Å²) >= 11 is 0. The molecule has 3 aromatic rings. The fourth-order valence-corrected chi connectivity index (χ4v) is 4.42. The largest absolute Gasteiger partial charge is 0.378 e. The van der Waals surface area contributed by atoms with Gasteiger partial charge in [-0.25, -0.2) is 0 Å². The Balaban J connectivity index is 1.44. The quantitative estimate of drug-likeness (QED) is 0.620. The molecule has 2 N–H and O–H groups in total. The number of anilines is 1. The molecule has 0 bridgehead atoms. The van der Waals surface area contributed by atoms with Crippen LogP contribution in [0.4, 0.5) is 5.69 Å². The normalized spacial score (nSPS) is 14.9. The minimum atomic E-state index is -0.00637. The molecule has 0 saturated carbocycles. The minimum absolute atomic E-state index is 0.00637. The molecule has 1 heterocycles. The highest BCUT2D eigenvalue weighted by Gasteiger charge is 2.28. The van der Waals surface area contributed by atoms with Gasteiger partial charge in [-0.05, 0) is 35.4 Å². The van der Waals surface area contributed by atoms with Crippen LogP contribution in [0.1, 0.15) is 34.8 Å². The van der Waals surface area contributed by atoms with Crippen molar-refractivity contribution in [2.75, 3.05) is 38.6 Å². The predicted molar refractivity (Wildman–Crippen MR) is 128 cm³/mol. The van der Waals surface area contributed by atoms with Crippen LogP contribution in [0.25, 0.3) is 11.1 Å². The van der Waals surface area contributed by atoms with Gasteiger partial charge in [-0.1, -0.05) is 54.6 Å². The average molecular weight is 415 g/mol. The number of amides is 1. The molecule has 0 unspecified atom stereocenters. The van der Waals surface area contributed by atoms with E-state index in [0.29, 0.717) is 12.1 Å². The Hall–Kier alpha value is -3.11. The summed E-state index contributed by atoms with van der Waals surface area (Å²) in [6, 6.07) is 27.2. The van der Waals surface area contributed by atoms with E-state index in [2.05, 4.69) is 60.7 Å². The van der Waals surface area contributed by atoms with Crippen molar-refractivity contribution in [3.05, 3.63) is 90.0 Å². The first-order chi connectivity index (χ1) is 15.1. The molecular weight excluding hydrogens is 382 g/mol. The average Bonchev–Trinajstić information content (AvgIpc) is 3.35. The molecule has 31 heavy (non-hydrogen) atoms. The number of quaternary nitrogens is 1. The van der Waals surface area contributed by atoms with Gasteiger partial charge in [0.25, 0.3) is 5.91 Å². The molecule has 1 atom stereocenters. The number of carbonyl (C=O) groups is 1. The molecule has 4 rings (SSSR count). The third kappa shape index (κ3) is 5.15. The smallest absolute Gasteiger partial charge is 0.251 e. The van der Waals surface area contributed by atoms with E-state index in [1.54, 1.807) is 4.90 Å². The van der Waals surface area contributed by atoms with E-state index in [9.17, 15) is 4.79 Å². The van der Waals surface area contributed by atoms with Crippen molar-refractivity contribution in [1.82, 2.24) is 5.32 Å². The zero-order valence-electron chi connectivity index (χ0n) is 18.5. The first-order valence-electron chi connectivity index (χ1n) is 11.2. The molecule has 4 nitrogen and oxygen atoms in total. The fraction of sp³-hybridized carbons (Fsp3) is 0.296. The Morgan fingerprint density at radius 1 is 0.871 bits per heavy atom. The van der Waals surface area contributed by atoms with E-state index in [4.69, 9.17) is 0 Å². The Labute approximate surface area is 185 Å². The molecule has 1 amide bonds. The number of nitrogens with one attached hydrogen (secondary N) is 2. The molecule has 0 aromatic heterocycles. The van der Waals surface area contributed by atoms with Crippen LogP contribution in [-0.2, 0) is 0 Å². The number of hydrogen-bond donors (Lipinski definition) is 2. The summed E-state index contributed by atoms with van der Waals surface area (Å²) in [6.45, 7) is 2.99. The van der Waals surface area contributed by atoms with Gasteiger partial charge in [-0.3, -0.25) is 4.79 Å². The molecule has 0 spiro atoms. The number of rotatable bonds is 7. The van der Waals surface area contributed by atoms with Gasteiger partial charge < -0.3 is 15.1 Å². The molecule has 1 aliphatic heterocycles. The van der Waals surface area contributed by atoms with Crippen LogP contribution in [0.15, 0.2) is 78.9 Å². The number of nitrogens with zero attached hydrogens (tertiary/aromatic N) is 1. The summed E-state index contributed by atoms with van der Waals surface area (Å²) in [7, 11) is 4.11. The van der Waals surface area contributed by atoms with Crippen molar-refractivity contribution < 1.29 is 9.69 Å². The predicted octanol–water partition coefficient (Wildman–Crippen LogP) is 3.57. The summed E-state index contributed by atoms with van der Waals surface area (Å²) in [5, 5.41) is 3.20. The third-order valence-electron chi connectivity index (χ3n) is 6.27. The lowest BCUT2D eigenvalue weighted by molar-refractivity contribution is -0.918. The monoisotopic (exact) mass is 414 g/mol. The van der Waals surface area contributed by atoms with E-state index >= 15 is 0 Å². The lowest BCUT2D eigenvalue weighted by atomic mass is 10.0. The van der Waals surface area contributed by atoms with Crippen LogP contribution in [0, 0.1) is 0 Å².